The normalized spacial score (nSPS) is 12.9. The van der Waals surface area contributed by atoms with Crippen molar-refractivity contribution in [3.63, 3.8) is 0 Å². The number of aromatic nitrogens is 1. The van der Waals surface area contributed by atoms with Crippen LogP contribution in [-0.4, -0.2) is 66.1 Å². The minimum Gasteiger partial charge on any atom is -0.468 e. The van der Waals surface area contributed by atoms with Crippen molar-refractivity contribution < 1.29 is 33.4 Å². The summed E-state index contributed by atoms with van der Waals surface area (Å²) in [6.45, 7) is 12.4. The van der Waals surface area contributed by atoms with Gasteiger partial charge < -0.3 is 35.7 Å². The molecule has 0 bridgehead atoms. The molecule has 0 saturated heterocycles. The van der Waals surface area contributed by atoms with Gasteiger partial charge in [-0.2, -0.15) is 0 Å². The highest BCUT2D eigenvalue weighted by atomic mass is 16.6. The minimum absolute atomic E-state index is 0.0837. The number of H-pyrrole nitrogens is 1. The average molecular weight is 524 g/mol. The number of amides is 4. The lowest BCUT2D eigenvalue weighted by atomic mass is 10.0. The van der Waals surface area contributed by atoms with Gasteiger partial charge in [0.15, 0.2) is 0 Å². The lowest BCUT2D eigenvalue weighted by Crippen LogP contribution is -2.50. The number of nitrogens with one attached hydrogen (secondary N) is 5. The molecule has 208 valence electrons. The van der Waals surface area contributed by atoms with Crippen molar-refractivity contribution in [1.82, 2.24) is 26.3 Å². The Labute approximate surface area is 218 Å². The van der Waals surface area contributed by atoms with E-state index in [1.54, 1.807) is 40.7 Å². The van der Waals surface area contributed by atoms with Gasteiger partial charge in [-0.1, -0.05) is 27.7 Å². The summed E-state index contributed by atoms with van der Waals surface area (Å²) in [5.41, 5.74) is 0.0550. The zero-order valence-corrected chi connectivity index (χ0v) is 22.9. The van der Waals surface area contributed by atoms with Crippen molar-refractivity contribution >= 4 is 29.8 Å². The molecule has 1 aromatic heterocycles. The Kier molecular flexibility index (Phi) is 12.1. The van der Waals surface area contributed by atoms with E-state index in [1.807, 2.05) is 13.8 Å². The summed E-state index contributed by atoms with van der Waals surface area (Å²) in [6, 6.07) is 1.51. The summed E-state index contributed by atoms with van der Waals surface area (Å²) in [7, 11) is 1.22. The molecule has 0 saturated carbocycles. The minimum atomic E-state index is -0.852. The Bertz CT molecular complexity index is 949. The van der Waals surface area contributed by atoms with Crippen LogP contribution in [0.1, 0.15) is 71.1 Å². The van der Waals surface area contributed by atoms with Gasteiger partial charge in [0.05, 0.1) is 13.7 Å². The van der Waals surface area contributed by atoms with Gasteiger partial charge in [0, 0.05) is 5.69 Å². The maximum absolute atomic E-state index is 12.8. The quantitative estimate of drug-likeness (QED) is 0.259. The van der Waals surface area contributed by atoms with Crippen LogP contribution in [0.5, 0.6) is 0 Å². The molecule has 0 aliphatic rings. The maximum Gasteiger partial charge on any atom is 0.408 e. The molecule has 0 radical (unpaired) electrons. The molecule has 0 aliphatic heterocycles. The third-order valence-electron chi connectivity index (χ3n) is 5.03. The van der Waals surface area contributed by atoms with E-state index in [2.05, 4.69) is 31.0 Å². The van der Waals surface area contributed by atoms with Crippen LogP contribution in [0.25, 0.3) is 0 Å². The molecule has 1 rings (SSSR count). The summed E-state index contributed by atoms with van der Waals surface area (Å²) in [4.78, 5) is 64.3. The zero-order chi connectivity index (χ0) is 28.3. The van der Waals surface area contributed by atoms with Gasteiger partial charge in [-0.25, -0.2) is 4.79 Å². The number of carbonyl (C=O) groups is 5. The fourth-order valence-corrected chi connectivity index (χ4v) is 3.23. The first kappa shape index (κ1) is 31.5. The highest BCUT2D eigenvalue weighted by molar-refractivity contribution is 5.96. The van der Waals surface area contributed by atoms with Crippen molar-refractivity contribution in [2.24, 2.45) is 11.8 Å². The molecule has 37 heavy (non-hydrogen) atoms. The molecule has 0 fully saturated rings. The first-order valence-electron chi connectivity index (χ1n) is 12.2. The third kappa shape index (κ3) is 11.8. The Balaban J connectivity index is 2.76. The van der Waals surface area contributed by atoms with Gasteiger partial charge >= 0.3 is 12.1 Å². The fourth-order valence-electron chi connectivity index (χ4n) is 3.23. The van der Waals surface area contributed by atoms with Crippen molar-refractivity contribution in [2.75, 3.05) is 13.7 Å². The molecule has 1 aromatic rings. The van der Waals surface area contributed by atoms with Crippen LogP contribution in [0.2, 0.25) is 0 Å². The van der Waals surface area contributed by atoms with Crippen LogP contribution in [0.3, 0.4) is 0 Å². The van der Waals surface area contributed by atoms with E-state index < -0.39 is 47.5 Å². The second-order valence-corrected chi connectivity index (χ2v) is 10.4. The maximum atomic E-state index is 12.8. The largest absolute Gasteiger partial charge is 0.468 e. The predicted octanol–water partition coefficient (Wildman–Crippen LogP) is 1.61. The highest BCUT2D eigenvalue weighted by Gasteiger charge is 2.27. The molecular formula is C25H41N5O7. The number of hydrogen-bond donors (Lipinski definition) is 5. The Morgan fingerprint density at radius 1 is 0.946 bits per heavy atom. The number of alkyl carbamates (subject to hydrolysis) is 1. The van der Waals surface area contributed by atoms with Gasteiger partial charge in [0.2, 0.25) is 11.8 Å². The van der Waals surface area contributed by atoms with Crippen LogP contribution in [0, 0.1) is 11.8 Å². The first-order valence-corrected chi connectivity index (χ1v) is 12.2. The predicted molar refractivity (Wildman–Crippen MR) is 136 cm³/mol. The molecule has 0 aromatic carbocycles. The van der Waals surface area contributed by atoms with Crippen molar-refractivity contribution in [3.8, 4) is 0 Å². The summed E-state index contributed by atoms with van der Waals surface area (Å²) in [6.07, 6.45) is -0.323. The molecule has 1 heterocycles. The fraction of sp³-hybridized carbons (Fsp3) is 0.640. The Morgan fingerprint density at radius 3 is 2.14 bits per heavy atom. The van der Waals surface area contributed by atoms with Crippen LogP contribution in [-0.2, 0) is 30.4 Å². The van der Waals surface area contributed by atoms with Gasteiger partial charge in [-0.05, 0) is 51.2 Å². The lowest BCUT2D eigenvalue weighted by Gasteiger charge is -2.25. The Morgan fingerprint density at radius 2 is 1.59 bits per heavy atom. The first-order chi connectivity index (χ1) is 17.1. The van der Waals surface area contributed by atoms with E-state index in [-0.39, 0.29) is 30.6 Å². The van der Waals surface area contributed by atoms with E-state index in [0.29, 0.717) is 12.1 Å². The monoisotopic (exact) mass is 523 g/mol. The smallest absolute Gasteiger partial charge is 0.408 e. The molecule has 12 nitrogen and oxygen atoms in total. The lowest BCUT2D eigenvalue weighted by molar-refractivity contribution is -0.141. The van der Waals surface area contributed by atoms with Crippen LogP contribution in [0.4, 0.5) is 4.79 Å². The molecule has 0 spiro atoms. The average Bonchev–Trinajstić information content (AvgIpc) is 3.26. The number of methoxy groups -OCH3 is 1. The Hall–Kier alpha value is -3.57. The molecule has 5 N–H and O–H groups in total. The summed E-state index contributed by atoms with van der Waals surface area (Å²) >= 11 is 0. The second kappa shape index (κ2) is 14.2. The van der Waals surface area contributed by atoms with E-state index in [0.717, 1.165) is 0 Å². The number of esters is 1. The van der Waals surface area contributed by atoms with E-state index in [4.69, 9.17) is 4.74 Å². The van der Waals surface area contributed by atoms with Crippen LogP contribution >= 0.6 is 0 Å². The van der Waals surface area contributed by atoms with Gasteiger partial charge in [0.1, 0.15) is 29.9 Å². The molecule has 4 amide bonds. The summed E-state index contributed by atoms with van der Waals surface area (Å²) < 4.78 is 9.75. The molecule has 0 unspecified atom stereocenters. The molecular weight excluding hydrogens is 482 g/mol. The van der Waals surface area contributed by atoms with Crippen LogP contribution in [0.15, 0.2) is 12.1 Å². The van der Waals surface area contributed by atoms with Crippen molar-refractivity contribution in [3.05, 3.63) is 23.5 Å². The number of rotatable bonds is 12. The zero-order valence-electron chi connectivity index (χ0n) is 22.9. The third-order valence-corrected chi connectivity index (χ3v) is 5.03. The highest BCUT2D eigenvalue weighted by Crippen LogP contribution is 2.10. The summed E-state index contributed by atoms with van der Waals surface area (Å²) in [5.74, 6) is -2.10. The number of carbonyl (C=O) groups excluding carboxylic acids is 5. The topological polar surface area (TPSA) is 168 Å². The number of ether oxygens (including phenoxy) is 2. The van der Waals surface area contributed by atoms with Gasteiger partial charge in [-0.3, -0.25) is 19.2 Å². The standard InChI is InChI=1S/C25H41N5O7/c1-14(2)11-18(21(32)27-13-19(31)36-8)29-22(33)17-10-9-16(28-17)12-26-23(34)20(15(3)4)30-24(35)37-25(5,6)7/h9-10,14-15,18,20,28H,11-13H2,1-8H3,(H,26,34)(H,27,32)(H,29,33)(H,30,35)/t18-,20-/m0/s1. The number of hydrogen-bond acceptors (Lipinski definition) is 7. The van der Waals surface area contributed by atoms with Crippen molar-refractivity contribution in [1.29, 1.82) is 0 Å². The van der Waals surface area contributed by atoms with Crippen molar-refractivity contribution in [2.45, 2.75) is 79.1 Å². The van der Waals surface area contributed by atoms with E-state index in [1.165, 1.54) is 13.2 Å². The van der Waals surface area contributed by atoms with E-state index in [9.17, 15) is 24.0 Å². The molecule has 12 heteroatoms. The number of aromatic amines is 1. The van der Waals surface area contributed by atoms with Gasteiger partial charge in [0.25, 0.3) is 5.91 Å². The molecule has 2 atom stereocenters. The SMILES string of the molecule is COC(=O)CNC(=O)[C@H](CC(C)C)NC(=O)c1ccc(CNC(=O)[C@@H](NC(=O)OC(C)(C)C)C(C)C)[nH]1. The molecule has 0 aliphatic carbocycles. The van der Waals surface area contributed by atoms with Gasteiger partial charge in [-0.15, -0.1) is 0 Å². The van der Waals surface area contributed by atoms with Crippen LogP contribution < -0.4 is 21.3 Å². The summed E-state index contributed by atoms with van der Waals surface area (Å²) in [5, 5.41) is 10.5. The second-order valence-electron chi connectivity index (χ2n) is 10.4. The van der Waals surface area contributed by atoms with E-state index >= 15 is 0 Å².